The number of carbonyl (C=O) groups is 1. The van der Waals surface area contributed by atoms with E-state index in [0.717, 1.165) is 29.8 Å². The van der Waals surface area contributed by atoms with Crippen LogP contribution in [0.3, 0.4) is 0 Å². The Bertz CT molecular complexity index is 1080. The lowest BCUT2D eigenvalue weighted by Crippen LogP contribution is -2.14. The van der Waals surface area contributed by atoms with Crippen LogP contribution in [0.25, 0.3) is 11.5 Å². The third-order valence-electron chi connectivity index (χ3n) is 4.62. The fraction of sp³-hybridized carbons (Fsp3) is 0.286. The number of primary amides is 1. The summed E-state index contributed by atoms with van der Waals surface area (Å²) in [7, 11) is 0. The van der Waals surface area contributed by atoms with E-state index in [1.165, 1.54) is 0 Å². The standard InChI is InChI=1S/C21H21ClN4O4/c1-12(2)29-18-6-4-15(10-16(18)22)19-24-21(25-30-19)26-8-7-14-9-13(3-5-17(14)26)11-28-20(23)27/h3-6,9-10,12H,7-8,11H2,1-2H3,(H2,23,27). The molecule has 0 saturated heterocycles. The molecule has 0 fully saturated rings. The van der Waals surface area contributed by atoms with E-state index in [4.69, 9.17) is 31.3 Å². The quantitative estimate of drug-likeness (QED) is 0.617. The van der Waals surface area contributed by atoms with Gasteiger partial charge in [0.15, 0.2) is 0 Å². The van der Waals surface area contributed by atoms with Crippen LogP contribution in [0.2, 0.25) is 5.02 Å². The lowest BCUT2D eigenvalue weighted by molar-refractivity contribution is 0.150. The summed E-state index contributed by atoms with van der Waals surface area (Å²) >= 11 is 6.32. The van der Waals surface area contributed by atoms with Crippen LogP contribution in [0.5, 0.6) is 5.75 Å². The first-order chi connectivity index (χ1) is 14.4. The molecule has 0 unspecified atom stereocenters. The van der Waals surface area contributed by atoms with Gasteiger partial charge in [-0.15, -0.1) is 0 Å². The minimum atomic E-state index is -0.791. The van der Waals surface area contributed by atoms with Crippen molar-refractivity contribution in [1.29, 1.82) is 0 Å². The molecular formula is C21H21ClN4O4. The molecule has 0 spiro atoms. The molecule has 1 aliphatic rings. The van der Waals surface area contributed by atoms with Crippen molar-refractivity contribution in [3.63, 3.8) is 0 Å². The summed E-state index contributed by atoms with van der Waals surface area (Å²) < 4.78 is 16.0. The number of nitrogens with zero attached hydrogens (tertiary/aromatic N) is 3. The van der Waals surface area contributed by atoms with Crippen molar-refractivity contribution in [2.75, 3.05) is 11.4 Å². The van der Waals surface area contributed by atoms with Crippen molar-refractivity contribution >= 4 is 29.3 Å². The minimum absolute atomic E-state index is 0.0291. The zero-order chi connectivity index (χ0) is 21.3. The van der Waals surface area contributed by atoms with Crippen molar-refractivity contribution in [1.82, 2.24) is 10.1 Å². The molecule has 0 bridgehead atoms. The Morgan fingerprint density at radius 2 is 2.13 bits per heavy atom. The molecule has 0 atom stereocenters. The molecule has 2 heterocycles. The highest BCUT2D eigenvalue weighted by Gasteiger charge is 2.25. The van der Waals surface area contributed by atoms with Gasteiger partial charge in [0.05, 0.1) is 11.1 Å². The largest absolute Gasteiger partial charge is 0.489 e. The number of carbonyl (C=O) groups excluding carboxylic acids is 1. The molecule has 4 rings (SSSR count). The van der Waals surface area contributed by atoms with Crippen molar-refractivity contribution in [2.45, 2.75) is 33.0 Å². The molecule has 156 valence electrons. The summed E-state index contributed by atoms with van der Waals surface area (Å²) in [6.45, 7) is 4.74. The highest BCUT2D eigenvalue weighted by atomic mass is 35.5. The zero-order valence-electron chi connectivity index (χ0n) is 16.6. The Labute approximate surface area is 178 Å². The van der Waals surface area contributed by atoms with Crippen LogP contribution >= 0.6 is 11.6 Å². The van der Waals surface area contributed by atoms with Gasteiger partial charge >= 0.3 is 6.09 Å². The first kappa shape index (κ1) is 20.0. The van der Waals surface area contributed by atoms with Gasteiger partial charge < -0.3 is 24.6 Å². The van der Waals surface area contributed by atoms with Crippen molar-refractivity contribution in [3.8, 4) is 17.2 Å². The lowest BCUT2D eigenvalue weighted by Gasteiger charge is -2.14. The molecule has 2 N–H and O–H groups in total. The topological polar surface area (TPSA) is 104 Å². The van der Waals surface area contributed by atoms with E-state index < -0.39 is 6.09 Å². The second kappa shape index (κ2) is 8.23. The van der Waals surface area contributed by atoms with E-state index in [1.807, 2.05) is 43.0 Å². The molecule has 3 aromatic rings. The summed E-state index contributed by atoms with van der Waals surface area (Å²) in [5.74, 6) is 1.46. The van der Waals surface area contributed by atoms with Crippen LogP contribution in [-0.4, -0.2) is 28.9 Å². The highest BCUT2D eigenvalue weighted by Crippen LogP contribution is 2.36. The van der Waals surface area contributed by atoms with E-state index in [0.29, 0.717) is 28.2 Å². The number of amides is 1. The maximum atomic E-state index is 10.8. The second-order valence-electron chi connectivity index (χ2n) is 7.18. The fourth-order valence-electron chi connectivity index (χ4n) is 3.33. The van der Waals surface area contributed by atoms with Gasteiger partial charge in [-0.05, 0) is 60.8 Å². The minimum Gasteiger partial charge on any atom is -0.489 e. The van der Waals surface area contributed by atoms with Gasteiger partial charge in [-0.25, -0.2) is 4.79 Å². The molecule has 8 nitrogen and oxygen atoms in total. The van der Waals surface area contributed by atoms with Crippen LogP contribution in [0.1, 0.15) is 25.0 Å². The number of benzene rings is 2. The fourth-order valence-corrected chi connectivity index (χ4v) is 3.56. The third-order valence-corrected chi connectivity index (χ3v) is 4.91. The molecule has 30 heavy (non-hydrogen) atoms. The van der Waals surface area contributed by atoms with Gasteiger partial charge in [0.1, 0.15) is 12.4 Å². The van der Waals surface area contributed by atoms with Gasteiger partial charge in [-0.1, -0.05) is 23.7 Å². The first-order valence-corrected chi connectivity index (χ1v) is 9.90. The molecule has 0 saturated carbocycles. The van der Waals surface area contributed by atoms with Gasteiger partial charge in [-0.2, -0.15) is 4.98 Å². The van der Waals surface area contributed by atoms with Crippen LogP contribution < -0.4 is 15.4 Å². The highest BCUT2D eigenvalue weighted by molar-refractivity contribution is 6.32. The van der Waals surface area contributed by atoms with Crippen LogP contribution in [0, 0.1) is 0 Å². The average molecular weight is 429 g/mol. The Balaban J connectivity index is 1.53. The van der Waals surface area contributed by atoms with Gasteiger partial charge in [0, 0.05) is 17.8 Å². The SMILES string of the molecule is CC(C)Oc1ccc(-c2nc(N3CCc4cc(COC(N)=O)ccc43)no2)cc1Cl. The van der Waals surface area contributed by atoms with E-state index in [-0.39, 0.29) is 12.7 Å². The zero-order valence-corrected chi connectivity index (χ0v) is 17.3. The third kappa shape index (κ3) is 4.18. The van der Waals surface area contributed by atoms with E-state index in [1.54, 1.807) is 12.1 Å². The first-order valence-electron chi connectivity index (χ1n) is 9.52. The number of anilines is 2. The molecule has 0 aliphatic carbocycles. The number of fused-ring (bicyclic) bond motifs is 1. The van der Waals surface area contributed by atoms with Crippen LogP contribution in [0.4, 0.5) is 16.4 Å². The maximum Gasteiger partial charge on any atom is 0.404 e. The summed E-state index contributed by atoms with van der Waals surface area (Å²) in [4.78, 5) is 17.3. The molecule has 1 aliphatic heterocycles. The predicted molar refractivity (Wildman–Crippen MR) is 112 cm³/mol. The molecule has 9 heteroatoms. The molecule has 1 aromatic heterocycles. The number of hydrogen-bond acceptors (Lipinski definition) is 7. The van der Waals surface area contributed by atoms with Gasteiger partial charge in [0.25, 0.3) is 11.8 Å². The van der Waals surface area contributed by atoms with Crippen molar-refractivity contribution < 1.29 is 18.8 Å². The number of halogens is 1. The normalized spacial score (nSPS) is 12.9. The summed E-state index contributed by atoms with van der Waals surface area (Å²) in [5, 5.41) is 4.62. The smallest absolute Gasteiger partial charge is 0.404 e. The number of rotatable bonds is 6. The van der Waals surface area contributed by atoms with Crippen LogP contribution in [-0.2, 0) is 17.8 Å². The molecule has 2 aromatic carbocycles. The Morgan fingerprint density at radius 1 is 1.30 bits per heavy atom. The van der Waals surface area contributed by atoms with Crippen LogP contribution in [0.15, 0.2) is 40.9 Å². The number of ether oxygens (including phenoxy) is 2. The Hall–Kier alpha value is -3.26. The molecule has 0 radical (unpaired) electrons. The number of aromatic nitrogens is 2. The lowest BCUT2D eigenvalue weighted by atomic mass is 10.1. The van der Waals surface area contributed by atoms with E-state index >= 15 is 0 Å². The van der Waals surface area contributed by atoms with Crippen molar-refractivity contribution in [3.05, 3.63) is 52.5 Å². The molecule has 1 amide bonds. The number of hydrogen-bond donors (Lipinski definition) is 1. The summed E-state index contributed by atoms with van der Waals surface area (Å²) in [6.07, 6.45) is 0.0540. The predicted octanol–water partition coefficient (Wildman–Crippen LogP) is 4.47. The van der Waals surface area contributed by atoms with Gasteiger partial charge in [-0.3, -0.25) is 0 Å². The second-order valence-corrected chi connectivity index (χ2v) is 7.59. The average Bonchev–Trinajstić information content (AvgIpc) is 3.34. The Morgan fingerprint density at radius 3 is 2.87 bits per heavy atom. The van der Waals surface area contributed by atoms with E-state index in [9.17, 15) is 4.79 Å². The van der Waals surface area contributed by atoms with E-state index in [2.05, 4.69) is 10.1 Å². The Kier molecular flexibility index (Phi) is 5.50. The summed E-state index contributed by atoms with van der Waals surface area (Å²) in [5.41, 5.74) is 8.73. The van der Waals surface area contributed by atoms with Crippen molar-refractivity contribution in [2.24, 2.45) is 5.73 Å². The monoisotopic (exact) mass is 428 g/mol. The maximum absolute atomic E-state index is 10.8. The number of nitrogens with two attached hydrogens (primary N) is 1. The van der Waals surface area contributed by atoms with Gasteiger partial charge in [0.2, 0.25) is 0 Å². The summed E-state index contributed by atoms with van der Waals surface area (Å²) in [6, 6.07) is 11.2. The molecular weight excluding hydrogens is 408 g/mol.